The largest absolute Gasteiger partial charge is 0.488 e. The minimum atomic E-state index is -1.63. The van der Waals surface area contributed by atoms with Gasteiger partial charge in [-0.1, -0.05) is 43.3 Å². The summed E-state index contributed by atoms with van der Waals surface area (Å²) in [6, 6.07) is 14.5. The normalized spacial score (nSPS) is 11.1. The molecule has 0 radical (unpaired) electrons. The third-order valence-electron chi connectivity index (χ3n) is 5.77. The average molecular weight is 443 g/mol. The maximum atomic E-state index is 12.3. The van der Waals surface area contributed by atoms with Crippen LogP contribution in [0.3, 0.4) is 0 Å². The number of aryl methyl sites for hydroxylation is 3. The van der Waals surface area contributed by atoms with Crippen LogP contribution in [0.15, 0.2) is 48.5 Å². The van der Waals surface area contributed by atoms with E-state index in [0.717, 1.165) is 45.8 Å². The highest BCUT2D eigenvalue weighted by Crippen LogP contribution is 2.26. The molecule has 0 fully saturated rings. The lowest BCUT2D eigenvalue weighted by Crippen LogP contribution is -2.30. The van der Waals surface area contributed by atoms with Crippen LogP contribution in [0.5, 0.6) is 0 Å². The van der Waals surface area contributed by atoms with Gasteiger partial charge < -0.3 is 19.4 Å². The first kappa shape index (κ1) is 22.7. The van der Waals surface area contributed by atoms with Gasteiger partial charge >= 0.3 is 13.1 Å². The van der Waals surface area contributed by atoms with Crippen LogP contribution in [0, 0.1) is 13.8 Å². The fraction of sp³-hybridized carbons (Fsp3) is 0.240. The molecule has 4 rings (SSSR count). The van der Waals surface area contributed by atoms with Gasteiger partial charge in [0.1, 0.15) is 11.3 Å². The maximum Gasteiger partial charge on any atom is 0.488 e. The monoisotopic (exact) mass is 443 g/mol. The SMILES string of the molecule is CCc1nc2c(C)cc(C)nc2n1Cc1ccc(-c2cc(B(O)O)ccc2C(=O)OC)cc1. The minimum absolute atomic E-state index is 0.302. The molecule has 2 N–H and O–H groups in total. The van der Waals surface area contributed by atoms with Crippen molar-refractivity contribution in [2.45, 2.75) is 33.7 Å². The molecular formula is C25H26BN3O4. The molecule has 8 heteroatoms. The van der Waals surface area contributed by atoms with E-state index in [1.807, 2.05) is 37.3 Å². The van der Waals surface area contributed by atoms with Gasteiger partial charge in [-0.25, -0.2) is 14.8 Å². The van der Waals surface area contributed by atoms with Gasteiger partial charge in [0.25, 0.3) is 0 Å². The van der Waals surface area contributed by atoms with Gasteiger partial charge in [0, 0.05) is 12.1 Å². The summed E-state index contributed by atoms with van der Waals surface area (Å²) < 4.78 is 7.04. The van der Waals surface area contributed by atoms with E-state index in [0.29, 0.717) is 23.1 Å². The number of aromatic nitrogens is 3. The molecule has 0 saturated carbocycles. The Hall–Kier alpha value is -3.49. The van der Waals surface area contributed by atoms with E-state index in [4.69, 9.17) is 14.7 Å². The molecule has 2 heterocycles. The second-order valence-electron chi connectivity index (χ2n) is 8.09. The number of nitrogens with zero attached hydrogens (tertiary/aromatic N) is 3. The molecule has 168 valence electrons. The van der Waals surface area contributed by atoms with Gasteiger partial charge in [0.05, 0.1) is 19.2 Å². The zero-order chi connectivity index (χ0) is 23.7. The predicted octanol–water partition coefficient (Wildman–Crippen LogP) is 2.79. The summed E-state index contributed by atoms with van der Waals surface area (Å²) in [4.78, 5) is 21.8. The quantitative estimate of drug-likeness (QED) is 0.352. The Balaban J connectivity index is 1.72. The molecule has 0 aliphatic heterocycles. The maximum absolute atomic E-state index is 12.3. The fourth-order valence-corrected chi connectivity index (χ4v) is 4.11. The summed E-state index contributed by atoms with van der Waals surface area (Å²) in [7, 11) is -0.307. The van der Waals surface area contributed by atoms with Crippen molar-refractivity contribution in [1.82, 2.24) is 14.5 Å². The number of benzene rings is 2. The lowest BCUT2D eigenvalue weighted by atomic mass is 9.78. The van der Waals surface area contributed by atoms with Crippen LogP contribution in [0.1, 0.15) is 39.9 Å². The summed E-state index contributed by atoms with van der Waals surface area (Å²) >= 11 is 0. The van der Waals surface area contributed by atoms with E-state index >= 15 is 0 Å². The Morgan fingerprint density at radius 3 is 2.42 bits per heavy atom. The highest BCUT2D eigenvalue weighted by Gasteiger charge is 2.19. The molecule has 0 aliphatic rings. The summed E-state index contributed by atoms with van der Waals surface area (Å²) in [5, 5.41) is 19.1. The Kier molecular flexibility index (Phi) is 6.31. The lowest BCUT2D eigenvalue weighted by molar-refractivity contribution is 0.0601. The molecule has 0 aliphatic carbocycles. The Morgan fingerprint density at radius 2 is 1.79 bits per heavy atom. The van der Waals surface area contributed by atoms with Crippen LogP contribution in [0.4, 0.5) is 0 Å². The molecule has 2 aromatic heterocycles. The molecule has 0 bridgehead atoms. The molecule has 33 heavy (non-hydrogen) atoms. The number of imidazole rings is 1. The molecule has 0 unspecified atom stereocenters. The van der Waals surface area contributed by atoms with E-state index in [9.17, 15) is 14.8 Å². The number of hydrogen-bond donors (Lipinski definition) is 2. The zero-order valence-electron chi connectivity index (χ0n) is 19.2. The van der Waals surface area contributed by atoms with Crippen LogP contribution < -0.4 is 5.46 Å². The number of pyridine rings is 1. The Labute approximate surface area is 192 Å². The van der Waals surface area contributed by atoms with Gasteiger partial charge in [0.15, 0.2) is 5.65 Å². The summed E-state index contributed by atoms with van der Waals surface area (Å²) in [5.41, 5.74) is 6.96. The van der Waals surface area contributed by atoms with Crippen molar-refractivity contribution < 1.29 is 19.6 Å². The van der Waals surface area contributed by atoms with Gasteiger partial charge in [-0.05, 0) is 53.7 Å². The number of methoxy groups -OCH3 is 1. The minimum Gasteiger partial charge on any atom is -0.465 e. The molecule has 4 aromatic rings. The van der Waals surface area contributed by atoms with Crippen molar-refractivity contribution in [3.63, 3.8) is 0 Å². The molecule has 0 atom stereocenters. The number of rotatable bonds is 6. The van der Waals surface area contributed by atoms with E-state index in [1.165, 1.54) is 13.2 Å². The van der Waals surface area contributed by atoms with E-state index < -0.39 is 13.1 Å². The summed E-state index contributed by atoms with van der Waals surface area (Å²) in [6.07, 6.45) is 0.797. The number of carbonyl (C=O) groups is 1. The van der Waals surface area contributed by atoms with Crippen molar-refractivity contribution in [3.8, 4) is 11.1 Å². The van der Waals surface area contributed by atoms with Gasteiger partial charge in [0.2, 0.25) is 0 Å². The fourth-order valence-electron chi connectivity index (χ4n) is 4.11. The highest BCUT2D eigenvalue weighted by molar-refractivity contribution is 6.58. The first-order valence-electron chi connectivity index (χ1n) is 10.8. The Bertz CT molecular complexity index is 1330. The first-order valence-corrected chi connectivity index (χ1v) is 10.8. The van der Waals surface area contributed by atoms with Crippen molar-refractivity contribution in [1.29, 1.82) is 0 Å². The molecule has 7 nitrogen and oxygen atoms in total. The van der Waals surface area contributed by atoms with Crippen LogP contribution in [-0.4, -0.2) is 44.8 Å². The number of carbonyl (C=O) groups excluding carboxylic acids is 1. The average Bonchev–Trinajstić information content (AvgIpc) is 3.16. The Morgan fingerprint density at radius 1 is 1.06 bits per heavy atom. The molecule has 0 saturated heterocycles. The smallest absolute Gasteiger partial charge is 0.465 e. The van der Waals surface area contributed by atoms with Crippen LogP contribution in [0.25, 0.3) is 22.3 Å². The van der Waals surface area contributed by atoms with Gasteiger partial charge in [-0.3, -0.25) is 0 Å². The lowest BCUT2D eigenvalue weighted by Gasteiger charge is -2.12. The zero-order valence-corrected chi connectivity index (χ0v) is 19.2. The van der Waals surface area contributed by atoms with Crippen LogP contribution in [-0.2, 0) is 17.7 Å². The number of esters is 1. The molecule has 0 spiro atoms. The third-order valence-corrected chi connectivity index (χ3v) is 5.77. The van der Waals surface area contributed by atoms with Crippen molar-refractivity contribution in [2.24, 2.45) is 0 Å². The molecular weight excluding hydrogens is 417 g/mol. The summed E-state index contributed by atoms with van der Waals surface area (Å²) in [5.74, 6) is 0.496. The van der Waals surface area contributed by atoms with Crippen molar-refractivity contribution in [2.75, 3.05) is 7.11 Å². The predicted molar refractivity (Wildman–Crippen MR) is 129 cm³/mol. The molecule has 2 aromatic carbocycles. The van der Waals surface area contributed by atoms with E-state index in [-0.39, 0.29) is 0 Å². The highest BCUT2D eigenvalue weighted by atomic mass is 16.5. The third kappa shape index (κ3) is 4.40. The van der Waals surface area contributed by atoms with E-state index in [2.05, 4.69) is 18.4 Å². The van der Waals surface area contributed by atoms with Crippen molar-refractivity contribution >= 4 is 29.7 Å². The number of hydrogen-bond acceptors (Lipinski definition) is 6. The van der Waals surface area contributed by atoms with Gasteiger partial charge in [-0.15, -0.1) is 0 Å². The van der Waals surface area contributed by atoms with Crippen molar-refractivity contribution in [3.05, 3.63) is 76.7 Å². The summed E-state index contributed by atoms with van der Waals surface area (Å²) in [6.45, 7) is 6.74. The van der Waals surface area contributed by atoms with Crippen LogP contribution >= 0.6 is 0 Å². The topological polar surface area (TPSA) is 97.5 Å². The van der Waals surface area contributed by atoms with Crippen LogP contribution in [0.2, 0.25) is 0 Å². The second kappa shape index (κ2) is 9.17. The standard InChI is InChI=1S/C25H26BN3O4/c1-5-22-28-23-15(2)12-16(3)27-24(23)29(22)14-17-6-8-18(9-7-17)21-13-19(26(31)32)10-11-20(21)25(30)33-4/h6-13,31-32H,5,14H2,1-4H3. The molecule has 0 amide bonds. The number of ether oxygens (including phenoxy) is 1. The first-order chi connectivity index (χ1) is 15.8. The number of fused-ring (bicyclic) bond motifs is 1. The second-order valence-corrected chi connectivity index (χ2v) is 8.09. The van der Waals surface area contributed by atoms with Gasteiger partial charge in [-0.2, -0.15) is 0 Å². The van der Waals surface area contributed by atoms with E-state index in [1.54, 1.807) is 12.1 Å².